The number of carbonyl (C=O) groups is 1. The van der Waals surface area contributed by atoms with Gasteiger partial charge in [-0.05, 0) is 49.2 Å². The Morgan fingerprint density at radius 1 is 1.10 bits per heavy atom. The van der Waals surface area contributed by atoms with Crippen LogP contribution in [0, 0.1) is 6.92 Å². The molecule has 2 rings (SSSR count). The summed E-state index contributed by atoms with van der Waals surface area (Å²) in [5, 5.41) is 1.78. The van der Waals surface area contributed by atoms with Crippen LogP contribution in [0.3, 0.4) is 0 Å². The lowest BCUT2D eigenvalue weighted by Crippen LogP contribution is -2.28. The van der Waals surface area contributed by atoms with Crippen LogP contribution in [0.5, 0.6) is 11.5 Å². The average Bonchev–Trinajstić information content (AvgIpc) is 2.65. The van der Waals surface area contributed by atoms with E-state index in [-0.39, 0.29) is 30.8 Å². The number of rotatable bonds is 8. The predicted octanol–water partition coefficient (Wildman–Crippen LogP) is 3.13. The van der Waals surface area contributed by atoms with Crippen LogP contribution in [-0.2, 0) is 0 Å². The molecule has 0 heterocycles. The first-order valence-corrected chi connectivity index (χ1v) is 9.01. The lowest BCUT2D eigenvalue weighted by molar-refractivity contribution is 0.100. The molecule has 0 bridgehead atoms. The third-order valence-electron chi connectivity index (χ3n) is 4.60. The van der Waals surface area contributed by atoms with Crippen molar-refractivity contribution in [2.24, 2.45) is 16.5 Å². The van der Waals surface area contributed by atoms with E-state index in [1.54, 1.807) is 13.2 Å². The molecule has 0 aliphatic heterocycles. The monoisotopic (exact) mass is 444 g/mol. The van der Waals surface area contributed by atoms with Crippen LogP contribution in [0.4, 0.5) is 0 Å². The molecule has 0 fully saturated rings. The second-order valence-electron chi connectivity index (χ2n) is 6.18. The van der Waals surface area contributed by atoms with Crippen molar-refractivity contribution >= 4 is 47.5 Å². The van der Waals surface area contributed by atoms with Crippen molar-refractivity contribution in [3.05, 3.63) is 35.4 Å². The first-order valence-electron chi connectivity index (χ1n) is 9.01. The maximum Gasteiger partial charge on any atom is 0.280 e. The lowest BCUT2D eigenvalue weighted by Gasteiger charge is -2.19. The molecule has 0 spiro atoms. The van der Waals surface area contributed by atoms with Gasteiger partial charge in [-0.2, -0.15) is 4.99 Å². The van der Waals surface area contributed by atoms with Gasteiger partial charge in [0.05, 0.1) is 7.11 Å². The molecule has 0 aliphatic rings. The molecule has 0 atom stereocenters. The van der Waals surface area contributed by atoms with E-state index in [0.717, 1.165) is 41.7 Å². The van der Waals surface area contributed by atoms with E-state index in [1.165, 1.54) is 0 Å². The zero-order valence-electron chi connectivity index (χ0n) is 17.2. The Morgan fingerprint density at radius 2 is 1.76 bits per heavy atom. The van der Waals surface area contributed by atoms with Crippen LogP contribution in [0.15, 0.2) is 29.3 Å². The number of hydrogen-bond donors (Lipinski definition) is 2. The number of amides is 1. The van der Waals surface area contributed by atoms with Gasteiger partial charge in [-0.1, -0.05) is 19.9 Å². The first kappa shape index (κ1) is 26.8. The second kappa shape index (κ2) is 12.4. The summed E-state index contributed by atoms with van der Waals surface area (Å²) in [4.78, 5) is 18.4. The maximum absolute atomic E-state index is 12.4. The summed E-state index contributed by atoms with van der Waals surface area (Å²) >= 11 is 0. The van der Waals surface area contributed by atoms with E-state index in [0.29, 0.717) is 17.9 Å². The molecule has 2 aromatic carbocycles. The van der Waals surface area contributed by atoms with Crippen LogP contribution in [-0.4, -0.2) is 50.1 Å². The van der Waals surface area contributed by atoms with Crippen LogP contribution < -0.4 is 20.9 Å². The van der Waals surface area contributed by atoms with Crippen molar-refractivity contribution in [2.75, 3.05) is 33.4 Å². The van der Waals surface area contributed by atoms with Crippen molar-refractivity contribution in [1.29, 1.82) is 0 Å². The number of carbonyl (C=O) groups excluding carboxylic acids is 1. The normalized spacial score (nSPS) is 10.1. The third-order valence-corrected chi connectivity index (χ3v) is 4.60. The zero-order chi connectivity index (χ0) is 20.0. The molecule has 0 saturated carbocycles. The molecule has 7 nitrogen and oxygen atoms in total. The molecular weight excluding hydrogens is 415 g/mol. The molecule has 9 heteroatoms. The quantitative estimate of drug-likeness (QED) is 0.478. The summed E-state index contributed by atoms with van der Waals surface area (Å²) in [7, 11) is 1.62. The minimum absolute atomic E-state index is 0. The number of nitrogens with two attached hydrogens (primary N) is 2. The summed E-state index contributed by atoms with van der Waals surface area (Å²) in [6.45, 7) is 9.30. The molecule has 4 N–H and O–H groups in total. The molecule has 0 saturated heterocycles. The molecule has 1 amide bonds. The number of nitrogens with zero attached hydrogens (tertiary/aromatic N) is 2. The Hall–Kier alpha value is -2.22. The number of aliphatic imine (C=N–C) groups is 1. The molecule has 0 aromatic heterocycles. The fourth-order valence-corrected chi connectivity index (χ4v) is 2.99. The first-order chi connectivity index (χ1) is 12.9. The SMILES string of the molecule is CCN(CC)CCOc1cc(C(=O)N=C(N)N)c(C)c2ccc(OC)cc12.Cl.Cl. The minimum atomic E-state index is -0.487. The zero-order valence-corrected chi connectivity index (χ0v) is 18.9. The average molecular weight is 445 g/mol. The Bertz CT molecular complexity index is 851. The van der Waals surface area contributed by atoms with Crippen molar-refractivity contribution in [3.8, 4) is 11.5 Å². The number of likely N-dealkylation sites (N-methyl/N-ethyl adjacent to an activating group) is 1. The number of hydrogen-bond acceptors (Lipinski definition) is 4. The van der Waals surface area contributed by atoms with Gasteiger partial charge in [0.25, 0.3) is 5.91 Å². The van der Waals surface area contributed by atoms with Gasteiger partial charge in [0.15, 0.2) is 5.96 Å². The number of halogens is 2. The number of benzene rings is 2. The van der Waals surface area contributed by atoms with Crippen LogP contribution in [0.2, 0.25) is 0 Å². The molecule has 2 aromatic rings. The van der Waals surface area contributed by atoms with Gasteiger partial charge in [0.2, 0.25) is 0 Å². The molecule has 29 heavy (non-hydrogen) atoms. The predicted molar refractivity (Wildman–Crippen MR) is 123 cm³/mol. The van der Waals surface area contributed by atoms with Gasteiger partial charge in [-0.15, -0.1) is 24.8 Å². The van der Waals surface area contributed by atoms with Crippen molar-refractivity contribution in [1.82, 2.24) is 4.90 Å². The van der Waals surface area contributed by atoms with Crippen LogP contribution >= 0.6 is 24.8 Å². The number of guanidine groups is 1. The summed E-state index contributed by atoms with van der Waals surface area (Å²) in [5.41, 5.74) is 11.9. The van der Waals surface area contributed by atoms with E-state index >= 15 is 0 Å². The lowest BCUT2D eigenvalue weighted by atomic mass is 9.98. The van der Waals surface area contributed by atoms with Crippen molar-refractivity contribution < 1.29 is 14.3 Å². The van der Waals surface area contributed by atoms with Gasteiger partial charge >= 0.3 is 0 Å². The summed E-state index contributed by atoms with van der Waals surface area (Å²) in [6, 6.07) is 7.37. The minimum Gasteiger partial charge on any atom is -0.497 e. The number of ether oxygens (including phenoxy) is 2. The highest BCUT2D eigenvalue weighted by Gasteiger charge is 2.16. The maximum atomic E-state index is 12.4. The smallest absolute Gasteiger partial charge is 0.280 e. The Kier molecular flexibility index (Phi) is 11.4. The molecule has 0 aliphatic carbocycles. The van der Waals surface area contributed by atoms with Gasteiger partial charge in [0, 0.05) is 17.5 Å². The fourth-order valence-electron chi connectivity index (χ4n) is 2.99. The fraction of sp³-hybridized carbons (Fsp3) is 0.400. The Labute approximate surface area is 184 Å². The molecule has 0 unspecified atom stereocenters. The summed E-state index contributed by atoms with van der Waals surface area (Å²) in [5.74, 6) is 0.576. The number of methoxy groups -OCH3 is 1. The topological polar surface area (TPSA) is 103 Å². The highest BCUT2D eigenvalue weighted by Crippen LogP contribution is 2.34. The van der Waals surface area contributed by atoms with E-state index in [2.05, 4.69) is 23.7 Å². The van der Waals surface area contributed by atoms with Gasteiger partial charge in [-0.3, -0.25) is 4.79 Å². The third kappa shape index (κ3) is 6.66. The number of aryl methyl sites for hydroxylation is 1. The molecule has 0 radical (unpaired) electrons. The summed E-state index contributed by atoms with van der Waals surface area (Å²) in [6.07, 6.45) is 0. The van der Waals surface area contributed by atoms with Crippen molar-refractivity contribution in [3.63, 3.8) is 0 Å². The largest absolute Gasteiger partial charge is 0.497 e. The van der Waals surface area contributed by atoms with Gasteiger partial charge in [0.1, 0.15) is 18.1 Å². The highest BCUT2D eigenvalue weighted by molar-refractivity contribution is 6.07. The van der Waals surface area contributed by atoms with Crippen LogP contribution in [0.1, 0.15) is 29.8 Å². The van der Waals surface area contributed by atoms with Gasteiger partial charge in [-0.25, -0.2) is 0 Å². The molecule has 162 valence electrons. The van der Waals surface area contributed by atoms with E-state index in [1.807, 2.05) is 25.1 Å². The van der Waals surface area contributed by atoms with Gasteiger partial charge < -0.3 is 25.8 Å². The highest BCUT2D eigenvalue weighted by atomic mass is 35.5. The van der Waals surface area contributed by atoms with E-state index in [9.17, 15) is 4.79 Å². The Morgan fingerprint density at radius 3 is 2.31 bits per heavy atom. The number of fused-ring (bicyclic) bond motifs is 1. The van der Waals surface area contributed by atoms with Crippen molar-refractivity contribution in [2.45, 2.75) is 20.8 Å². The molecular formula is C20H30Cl2N4O3. The van der Waals surface area contributed by atoms with E-state index in [4.69, 9.17) is 20.9 Å². The Balaban J connectivity index is 0.00000392. The van der Waals surface area contributed by atoms with E-state index < -0.39 is 5.91 Å². The standard InChI is InChI=1S/C20H28N4O3.2ClH/c1-5-24(6-2)9-10-27-18-12-16(19(25)23-20(21)22)13(3)15-8-7-14(26-4)11-17(15)18;;/h7-8,11-12H,5-6,9-10H2,1-4H3,(H4,21,22,23,25);2*1H. The second-order valence-corrected chi connectivity index (χ2v) is 6.18. The summed E-state index contributed by atoms with van der Waals surface area (Å²) < 4.78 is 11.4. The van der Waals surface area contributed by atoms with Crippen LogP contribution in [0.25, 0.3) is 10.8 Å².